The maximum Gasteiger partial charge on any atom is 0.234 e. The molecule has 0 fully saturated rings. The van der Waals surface area contributed by atoms with Crippen molar-refractivity contribution in [2.75, 3.05) is 5.32 Å². The third-order valence-corrected chi connectivity index (χ3v) is 4.28. The van der Waals surface area contributed by atoms with Crippen molar-refractivity contribution in [3.05, 3.63) is 66.2 Å². The lowest BCUT2D eigenvalue weighted by Crippen LogP contribution is -2.12. The second-order valence-electron chi connectivity index (χ2n) is 6.81. The van der Waals surface area contributed by atoms with Gasteiger partial charge in [-0.05, 0) is 43.0 Å². The number of aromatic nitrogens is 3. The summed E-state index contributed by atoms with van der Waals surface area (Å²) in [5.74, 6) is 1.54. The van der Waals surface area contributed by atoms with Crippen molar-refractivity contribution >= 4 is 28.7 Å². The van der Waals surface area contributed by atoms with E-state index in [4.69, 9.17) is 12.2 Å². The molecule has 28 heavy (non-hydrogen) atoms. The average molecular weight is 397 g/mol. The van der Waals surface area contributed by atoms with E-state index in [0.717, 1.165) is 18.5 Å². The molecule has 148 valence electrons. The van der Waals surface area contributed by atoms with Gasteiger partial charge in [0.05, 0.1) is 16.2 Å². The fourth-order valence-corrected chi connectivity index (χ4v) is 2.86. The Kier molecular flexibility index (Phi) is 7.70. The molecule has 0 aliphatic rings. The van der Waals surface area contributed by atoms with Gasteiger partial charge in [0, 0.05) is 0 Å². The number of rotatable bonds is 8. The van der Waals surface area contributed by atoms with Gasteiger partial charge in [0.1, 0.15) is 5.76 Å². The molecule has 0 unspecified atom stereocenters. The molecule has 1 aromatic carbocycles. The van der Waals surface area contributed by atoms with Gasteiger partial charge in [-0.25, -0.2) is 0 Å². The van der Waals surface area contributed by atoms with Crippen molar-refractivity contribution in [2.24, 2.45) is 0 Å². The van der Waals surface area contributed by atoms with Crippen molar-refractivity contribution < 1.29 is 5.11 Å². The third kappa shape index (κ3) is 5.16. The summed E-state index contributed by atoms with van der Waals surface area (Å²) < 4.78 is 1.89. The SMILES string of the molecule is C=C/C=C(O)\C(=C/CCC)c1nnc(NC(C)=S)n1-c1cccc(C(C)C)c1. The van der Waals surface area contributed by atoms with Gasteiger partial charge < -0.3 is 10.4 Å². The Morgan fingerprint density at radius 1 is 1.36 bits per heavy atom. The van der Waals surface area contributed by atoms with Crippen LogP contribution in [0.15, 0.2) is 54.8 Å². The molecule has 0 bridgehead atoms. The largest absolute Gasteiger partial charge is 0.507 e. The van der Waals surface area contributed by atoms with Crippen LogP contribution in [0.2, 0.25) is 0 Å². The van der Waals surface area contributed by atoms with E-state index in [-0.39, 0.29) is 5.76 Å². The Morgan fingerprint density at radius 3 is 2.71 bits per heavy atom. The van der Waals surface area contributed by atoms with E-state index in [2.05, 4.69) is 55.0 Å². The molecule has 2 aromatic rings. The Labute approximate surface area is 172 Å². The smallest absolute Gasteiger partial charge is 0.234 e. The van der Waals surface area contributed by atoms with Crippen LogP contribution in [0.4, 0.5) is 5.95 Å². The van der Waals surface area contributed by atoms with E-state index < -0.39 is 0 Å². The average Bonchev–Trinajstić information content (AvgIpc) is 3.05. The second kappa shape index (κ2) is 9.99. The molecule has 0 aliphatic heterocycles. The highest BCUT2D eigenvalue weighted by Gasteiger charge is 2.20. The van der Waals surface area contributed by atoms with Crippen molar-refractivity contribution in [3.63, 3.8) is 0 Å². The molecule has 0 saturated carbocycles. The standard InChI is InChI=1S/C22H28N4OS/c1-6-8-13-19(20(27)10-7-2)21-24-25-22(23-16(5)28)26(21)18-12-9-11-17(14-18)15(3)4/h7,9-15,27H,2,6,8H2,1,3-5H3,(H,23,25,28)/b19-13+,20-10+. The molecule has 5 nitrogen and oxygen atoms in total. The zero-order valence-electron chi connectivity index (χ0n) is 16.9. The molecule has 1 heterocycles. The molecular weight excluding hydrogens is 368 g/mol. The minimum atomic E-state index is 0.0998. The van der Waals surface area contributed by atoms with Crippen molar-refractivity contribution in [1.82, 2.24) is 14.8 Å². The number of nitrogens with one attached hydrogen (secondary N) is 1. The maximum atomic E-state index is 10.6. The van der Waals surface area contributed by atoms with E-state index in [9.17, 15) is 5.11 Å². The van der Waals surface area contributed by atoms with Crippen molar-refractivity contribution in [2.45, 2.75) is 46.5 Å². The maximum absolute atomic E-state index is 10.6. The summed E-state index contributed by atoms with van der Waals surface area (Å²) in [5, 5.41) is 22.3. The predicted molar refractivity (Wildman–Crippen MR) is 121 cm³/mol. The van der Waals surface area contributed by atoms with Gasteiger partial charge in [-0.3, -0.25) is 4.57 Å². The molecule has 0 saturated heterocycles. The Hall–Kier alpha value is -2.73. The first-order chi connectivity index (χ1) is 13.4. The van der Waals surface area contributed by atoms with Crippen LogP contribution < -0.4 is 5.32 Å². The van der Waals surface area contributed by atoms with Crippen LogP contribution >= 0.6 is 12.2 Å². The van der Waals surface area contributed by atoms with Crippen LogP contribution in [0, 0.1) is 0 Å². The van der Waals surface area contributed by atoms with Crippen molar-refractivity contribution in [3.8, 4) is 5.69 Å². The summed E-state index contributed by atoms with van der Waals surface area (Å²) >= 11 is 5.21. The number of thiocarbonyl (C=S) groups is 1. The quantitative estimate of drug-likeness (QED) is 0.327. The third-order valence-electron chi connectivity index (χ3n) is 4.18. The van der Waals surface area contributed by atoms with Gasteiger partial charge in [-0.1, -0.05) is 70.3 Å². The molecule has 6 heteroatoms. The summed E-state index contributed by atoms with van der Waals surface area (Å²) in [6, 6.07) is 8.21. The van der Waals surface area contributed by atoms with Crippen LogP contribution in [0.25, 0.3) is 11.3 Å². The number of nitrogens with zero attached hydrogens (tertiary/aromatic N) is 3. The van der Waals surface area contributed by atoms with Crippen LogP contribution in [0.1, 0.15) is 57.8 Å². The Bertz CT molecular complexity index is 909. The van der Waals surface area contributed by atoms with Gasteiger partial charge in [-0.2, -0.15) is 0 Å². The second-order valence-corrected chi connectivity index (χ2v) is 7.42. The highest BCUT2D eigenvalue weighted by atomic mass is 32.1. The summed E-state index contributed by atoms with van der Waals surface area (Å²) in [7, 11) is 0. The monoisotopic (exact) mass is 396 g/mol. The molecule has 0 atom stereocenters. The highest BCUT2D eigenvalue weighted by molar-refractivity contribution is 7.80. The Balaban J connectivity index is 2.73. The van der Waals surface area contributed by atoms with Gasteiger partial charge in [0.15, 0.2) is 5.82 Å². The van der Waals surface area contributed by atoms with Gasteiger partial charge in [0.2, 0.25) is 5.95 Å². The lowest BCUT2D eigenvalue weighted by molar-refractivity contribution is 0.437. The van der Waals surface area contributed by atoms with E-state index in [1.807, 2.05) is 22.8 Å². The molecular formula is C22H28N4OS. The van der Waals surface area contributed by atoms with Crippen LogP contribution in [-0.4, -0.2) is 24.9 Å². The summed E-state index contributed by atoms with van der Waals surface area (Å²) in [5.41, 5.74) is 2.71. The first-order valence-electron chi connectivity index (χ1n) is 9.44. The van der Waals surface area contributed by atoms with Gasteiger partial charge >= 0.3 is 0 Å². The first kappa shape index (κ1) is 21.6. The minimum absolute atomic E-state index is 0.0998. The lowest BCUT2D eigenvalue weighted by atomic mass is 10.0. The normalized spacial score (nSPS) is 12.3. The molecule has 0 aliphatic carbocycles. The minimum Gasteiger partial charge on any atom is -0.507 e. The topological polar surface area (TPSA) is 63.0 Å². The molecule has 0 spiro atoms. The van der Waals surface area contributed by atoms with E-state index in [0.29, 0.717) is 28.3 Å². The number of benzene rings is 1. The fourth-order valence-electron chi connectivity index (χ4n) is 2.77. The van der Waals surface area contributed by atoms with Gasteiger partial charge in [-0.15, -0.1) is 10.2 Å². The summed E-state index contributed by atoms with van der Waals surface area (Å²) in [6.45, 7) is 11.9. The molecule has 2 rings (SSSR count). The lowest BCUT2D eigenvalue weighted by Gasteiger charge is -2.15. The van der Waals surface area contributed by atoms with Crippen LogP contribution in [0.3, 0.4) is 0 Å². The van der Waals surface area contributed by atoms with Crippen LogP contribution in [-0.2, 0) is 0 Å². The van der Waals surface area contributed by atoms with Crippen molar-refractivity contribution in [1.29, 1.82) is 0 Å². The number of aliphatic hydroxyl groups excluding tert-OH is 1. The number of unbranched alkanes of at least 4 members (excludes halogenated alkanes) is 1. The number of anilines is 1. The van der Waals surface area contributed by atoms with Gasteiger partial charge in [0.25, 0.3) is 0 Å². The summed E-state index contributed by atoms with van der Waals surface area (Å²) in [6.07, 6.45) is 6.83. The zero-order valence-corrected chi connectivity index (χ0v) is 17.8. The van der Waals surface area contributed by atoms with E-state index in [1.165, 1.54) is 5.56 Å². The van der Waals surface area contributed by atoms with E-state index >= 15 is 0 Å². The number of hydrogen-bond acceptors (Lipinski definition) is 4. The Morgan fingerprint density at radius 2 is 2.11 bits per heavy atom. The van der Waals surface area contributed by atoms with Crippen LogP contribution in [0.5, 0.6) is 0 Å². The first-order valence-corrected chi connectivity index (χ1v) is 9.85. The number of allylic oxidation sites excluding steroid dienone is 4. The highest BCUT2D eigenvalue weighted by Crippen LogP contribution is 2.28. The predicted octanol–water partition coefficient (Wildman–Crippen LogP) is 5.96. The molecule has 2 N–H and O–H groups in total. The number of aliphatic hydroxyl groups is 1. The summed E-state index contributed by atoms with van der Waals surface area (Å²) in [4.78, 5) is 0.588. The molecule has 0 radical (unpaired) electrons. The molecule has 1 aromatic heterocycles. The fraction of sp³-hybridized carbons (Fsp3) is 0.318. The number of hydrogen-bond donors (Lipinski definition) is 2. The zero-order chi connectivity index (χ0) is 20.7. The molecule has 0 amide bonds. The van der Waals surface area contributed by atoms with E-state index in [1.54, 1.807) is 19.1 Å².